The van der Waals surface area contributed by atoms with Crippen molar-refractivity contribution in [1.82, 2.24) is 9.97 Å². The van der Waals surface area contributed by atoms with E-state index in [0.29, 0.717) is 0 Å². The number of ether oxygens (including phenoxy) is 2. The van der Waals surface area contributed by atoms with Crippen LogP contribution in [0.4, 0.5) is 4.39 Å². The van der Waals surface area contributed by atoms with Crippen LogP contribution in [0.3, 0.4) is 0 Å². The Kier molecular flexibility index (Phi) is 5.46. The molecule has 0 N–H and O–H groups in total. The van der Waals surface area contributed by atoms with Crippen molar-refractivity contribution in [2.75, 3.05) is 14.2 Å². The van der Waals surface area contributed by atoms with E-state index in [4.69, 9.17) is 40.2 Å². The molecule has 0 saturated heterocycles. The Morgan fingerprint density at radius 2 is 2.00 bits per heavy atom. The van der Waals surface area contributed by atoms with E-state index in [1.165, 1.54) is 26.4 Å². The highest BCUT2D eigenvalue weighted by atomic mass is 35.5. The Balaban J connectivity index is 2.74. The van der Waals surface area contributed by atoms with E-state index >= 15 is 0 Å². The number of halogens is 3. The van der Waals surface area contributed by atoms with E-state index in [1.807, 2.05) is 0 Å². The Bertz CT molecular complexity index is 802. The zero-order valence-corrected chi connectivity index (χ0v) is 14.2. The van der Waals surface area contributed by atoms with Crippen LogP contribution in [0.15, 0.2) is 12.1 Å². The Labute approximate surface area is 146 Å². The van der Waals surface area contributed by atoms with Gasteiger partial charge in [0.25, 0.3) is 0 Å². The van der Waals surface area contributed by atoms with Crippen LogP contribution in [-0.4, -0.2) is 35.5 Å². The zero-order chi connectivity index (χ0) is 17.1. The van der Waals surface area contributed by atoms with Crippen molar-refractivity contribution in [3.05, 3.63) is 39.4 Å². The fourth-order valence-corrected chi connectivity index (χ4v) is 2.46. The maximum Gasteiger partial charge on any atom is 0.358 e. The molecule has 0 spiro atoms. The molecule has 0 aliphatic carbocycles. The minimum Gasteiger partial charge on any atom is -0.492 e. The third-order valence-corrected chi connectivity index (χ3v) is 3.75. The van der Waals surface area contributed by atoms with Gasteiger partial charge in [-0.05, 0) is 12.1 Å². The molecule has 0 saturated carbocycles. The minimum atomic E-state index is -0.793. The highest BCUT2D eigenvalue weighted by molar-refractivity contribution is 7.79. The number of aromatic nitrogens is 2. The van der Waals surface area contributed by atoms with Gasteiger partial charge < -0.3 is 9.47 Å². The number of benzene rings is 1. The molecule has 0 aliphatic rings. The van der Waals surface area contributed by atoms with E-state index in [9.17, 15) is 9.18 Å². The topological polar surface area (TPSA) is 61.3 Å². The molecule has 0 fully saturated rings. The molecule has 0 unspecified atom stereocenters. The number of thiocarbonyl (C=S) groups is 1. The molecule has 1 aromatic heterocycles. The van der Waals surface area contributed by atoms with Crippen LogP contribution in [0.5, 0.6) is 5.75 Å². The molecule has 0 aliphatic heterocycles. The summed E-state index contributed by atoms with van der Waals surface area (Å²) in [6.45, 7) is 0. The lowest BCUT2D eigenvalue weighted by Crippen LogP contribution is -2.10. The lowest BCUT2D eigenvalue weighted by molar-refractivity contribution is 0.0594. The van der Waals surface area contributed by atoms with Gasteiger partial charge in [0, 0.05) is 5.37 Å². The number of methoxy groups -OCH3 is 2. The number of carbonyl (C=O) groups is 1. The first kappa shape index (κ1) is 17.5. The van der Waals surface area contributed by atoms with E-state index in [-0.39, 0.29) is 38.6 Å². The maximum absolute atomic E-state index is 14.5. The van der Waals surface area contributed by atoms with E-state index < -0.39 is 11.8 Å². The maximum atomic E-state index is 14.5. The quantitative estimate of drug-likeness (QED) is 0.600. The van der Waals surface area contributed by atoms with Gasteiger partial charge in [0.1, 0.15) is 5.02 Å². The van der Waals surface area contributed by atoms with Gasteiger partial charge in [0.05, 0.1) is 30.5 Å². The van der Waals surface area contributed by atoms with Crippen molar-refractivity contribution in [3.8, 4) is 17.1 Å². The van der Waals surface area contributed by atoms with Crippen molar-refractivity contribution in [2.45, 2.75) is 0 Å². The molecule has 2 rings (SSSR count). The van der Waals surface area contributed by atoms with Crippen molar-refractivity contribution >= 4 is 46.8 Å². The van der Waals surface area contributed by atoms with E-state index in [0.717, 1.165) is 5.37 Å². The number of hydrogen-bond acceptors (Lipinski definition) is 6. The van der Waals surface area contributed by atoms with E-state index in [2.05, 4.69) is 14.7 Å². The predicted molar refractivity (Wildman–Crippen MR) is 88.1 cm³/mol. The lowest BCUT2D eigenvalue weighted by Gasteiger charge is -2.11. The second-order valence-corrected chi connectivity index (χ2v) is 5.17. The molecular weight excluding hydrogens is 366 g/mol. The van der Waals surface area contributed by atoms with Crippen LogP contribution in [0.1, 0.15) is 16.2 Å². The first-order chi connectivity index (χ1) is 10.9. The minimum absolute atomic E-state index is 0.0221. The largest absolute Gasteiger partial charge is 0.492 e. The highest BCUT2D eigenvalue weighted by Gasteiger charge is 2.22. The van der Waals surface area contributed by atoms with Crippen LogP contribution < -0.4 is 4.74 Å². The molecule has 5 nitrogen and oxygen atoms in total. The zero-order valence-electron chi connectivity index (χ0n) is 11.9. The summed E-state index contributed by atoms with van der Waals surface area (Å²) < 4.78 is 24.0. The van der Waals surface area contributed by atoms with Gasteiger partial charge >= 0.3 is 5.97 Å². The van der Waals surface area contributed by atoms with Crippen LogP contribution in [0, 0.1) is 5.82 Å². The van der Waals surface area contributed by atoms with E-state index in [1.54, 1.807) is 0 Å². The van der Waals surface area contributed by atoms with Crippen LogP contribution >= 0.6 is 35.4 Å². The molecule has 0 radical (unpaired) electrons. The second kappa shape index (κ2) is 7.16. The fourth-order valence-electron chi connectivity index (χ4n) is 1.79. The Morgan fingerprint density at radius 3 is 2.57 bits per heavy atom. The summed E-state index contributed by atoms with van der Waals surface area (Å²) >= 11 is 16.7. The SMILES string of the molecule is COC(=O)c1nc(-c2ccc(Cl)c(OC)c2F)nc(C=S)c1Cl. The number of rotatable bonds is 4. The highest BCUT2D eigenvalue weighted by Crippen LogP contribution is 2.34. The Hall–Kier alpha value is -1.83. The van der Waals surface area contributed by atoms with Crippen molar-refractivity contribution < 1.29 is 18.7 Å². The van der Waals surface area contributed by atoms with Crippen LogP contribution in [0.25, 0.3) is 11.4 Å². The number of hydrogen-bond donors (Lipinski definition) is 0. The normalized spacial score (nSPS) is 10.3. The average molecular weight is 375 g/mol. The summed E-state index contributed by atoms with van der Waals surface area (Å²) in [5.41, 5.74) is -0.143. The molecule has 9 heteroatoms. The van der Waals surface area contributed by atoms with Crippen LogP contribution in [0.2, 0.25) is 10.0 Å². The lowest BCUT2D eigenvalue weighted by atomic mass is 10.1. The monoisotopic (exact) mass is 374 g/mol. The van der Waals surface area contributed by atoms with Gasteiger partial charge in [-0.25, -0.2) is 19.2 Å². The Morgan fingerprint density at radius 1 is 1.30 bits per heavy atom. The second-order valence-electron chi connectivity index (χ2n) is 4.15. The molecule has 1 heterocycles. The van der Waals surface area contributed by atoms with Gasteiger partial charge in [-0.15, -0.1) is 0 Å². The summed E-state index contributed by atoms with van der Waals surface area (Å²) in [7, 11) is 2.45. The molecular formula is C14H9Cl2FN2O3S. The van der Waals surface area contributed by atoms with Gasteiger partial charge in [0.2, 0.25) is 0 Å². The molecule has 0 bridgehead atoms. The third-order valence-electron chi connectivity index (χ3n) is 2.86. The molecule has 0 amide bonds. The summed E-state index contributed by atoms with van der Waals surface area (Å²) in [4.78, 5) is 19.8. The van der Waals surface area contributed by atoms with Gasteiger partial charge in [0.15, 0.2) is 23.1 Å². The molecule has 1 aromatic carbocycles. The standard InChI is InChI=1S/C14H9Cl2FN2O3S/c1-21-12-7(15)4-3-6(10(12)17)13-18-8(5-23)9(16)11(19-13)14(20)22-2/h3-5H,1-2H3. The number of esters is 1. The molecule has 23 heavy (non-hydrogen) atoms. The third kappa shape index (κ3) is 3.26. The summed E-state index contributed by atoms with van der Waals surface area (Å²) in [6, 6.07) is 2.78. The first-order valence-corrected chi connectivity index (χ1v) is 7.30. The molecule has 120 valence electrons. The number of nitrogens with zero attached hydrogens (tertiary/aromatic N) is 2. The van der Waals surface area contributed by atoms with Gasteiger partial charge in [-0.3, -0.25) is 0 Å². The predicted octanol–water partition coefficient (Wildman–Crippen LogP) is 3.73. The summed E-state index contributed by atoms with van der Waals surface area (Å²) in [5.74, 6) is -1.82. The summed E-state index contributed by atoms with van der Waals surface area (Å²) in [5, 5.41) is 1.17. The first-order valence-electron chi connectivity index (χ1n) is 6.08. The average Bonchev–Trinajstić information content (AvgIpc) is 2.55. The van der Waals surface area contributed by atoms with Gasteiger partial charge in [-0.2, -0.15) is 0 Å². The van der Waals surface area contributed by atoms with Crippen LogP contribution in [-0.2, 0) is 4.74 Å². The number of carbonyl (C=O) groups excluding carboxylic acids is 1. The molecule has 0 atom stereocenters. The van der Waals surface area contributed by atoms with Gasteiger partial charge in [-0.1, -0.05) is 35.4 Å². The fraction of sp³-hybridized carbons (Fsp3) is 0.143. The molecule has 2 aromatic rings. The van der Waals surface area contributed by atoms with Crippen molar-refractivity contribution in [1.29, 1.82) is 0 Å². The van der Waals surface area contributed by atoms with Crippen molar-refractivity contribution in [2.24, 2.45) is 0 Å². The summed E-state index contributed by atoms with van der Waals surface area (Å²) in [6.07, 6.45) is 0. The van der Waals surface area contributed by atoms with Crippen molar-refractivity contribution in [3.63, 3.8) is 0 Å². The smallest absolute Gasteiger partial charge is 0.358 e.